The van der Waals surface area contributed by atoms with E-state index in [1.807, 2.05) is 0 Å². The Labute approximate surface area is 130 Å². The molecule has 1 fully saturated rings. The number of ether oxygens (including phenoxy) is 1. The molecule has 0 bridgehead atoms. The van der Waals surface area contributed by atoms with Crippen molar-refractivity contribution >= 4 is 21.4 Å². The lowest BCUT2D eigenvalue weighted by molar-refractivity contribution is 0.0564. The van der Waals surface area contributed by atoms with Crippen molar-refractivity contribution in [2.45, 2.75) is 25.4 Å². The molecule has 4 heteroatoms. The molecule has 1 aromatic heterocycles. The Morgan fingerprint density at radius 1 is 1.19 bits per heavy atom. The van der Waals surface area contributed by atoms with Gasteiger partial charge >= 0.3 is 0 Å². The Balaban J connectivity index is 1.34. The number of likely N-dealkylation sites (tertiary alicyclic amines) is 1. The van der Waals surface area contributed by atoms with Crippen LogP contribution in [0.4, 0.5) is 0 Å². The molecule has 0 aliphatic carbocycles. The number of nitrogens with zero attached hydrogens (tertiary/aromatic N) is 1. The quantitative estimate of drug-likeness (QED) is 0.833. The van der Waals surface area contributed by atoms with Gasteiger partial charge < -0.3 is 14.7 Å². The first-order chi connectivity index (χ1) is 10.3. The molecule has 1 aromatic carbocycles. The summed E-state index contributed by atoms with van der Waals surface area (Å²) in [6.07, 6.45) is 2.69. The SMILES string of the molecule is OC1CCN(CCOCCc2ccc3sccc3c2)CC1. The number of benzene rings is 1. The lowest BCUT2D eigenvalue weighted by Gasteiger charge is -2.29. The lowest BCUT2D eigenvalue weighted by Crippen LogP contribution is -2.37. The maximum atomic E-state index is 9.47. The molecule has 0 atom stereocenters. The fourth-order valence-corrected chi connectivity index (χ4v) is 3.57. The van der Waals surface area contributed by atoms with Gasteiger partial charge in [-0.25, -0.2) is 0 Å². The van der Waals surface area contributed by atoms with Crippen molar-refractivity contribution in [2.24, 2.45) is 0 Å². The monoisotopic (exact) mass is 305 g/mol. The normalized spacial score (nSPS) is 17.6. The highest BCUT2D eigenvalue weighted by Crippen LogP contribution is 2.21. The number of hydrogen-bond donors (Lipinski definition) is 1. The summed E-state index contributed by atoms with van der Waals surface area (Å²) < 4.78 is 7.11. The van der Waals surface area contributed by atoms with E-state index in [0.29, 0.717) is 0 Å². The van der Waals surface area contributed by atoms with E-state index in [9.17, 15) is 5.11 Å². The van der Waals surface area contributed by atoms with Crippen LogP contribution >= 0.6 is 11.3 Å². The summed E-state index contributed by atoms with van der Waals surface area (Å²) in [5.74, 6) is 0. The van der Waals surface area contributed by atoms with Crippen LogP contribution in [-0.4, -0.2) is 49.0 Å². The zero-order valence-electron chi connectivity index (χ0n) is 12.3. The van der Waals surface area contributed by atoms with Gasteiger partial charge in [0.15, 0.2) is 0 Å². The lowest BCUT2D eigenvalue weighted by atomic mass is 10.1. The van der Waals surface area contributed by atoms with Gasteiger partial charge in [-0.1, -0.05) is 12.1 Å². The number of hydrogen-bond acceptors (Lipinski definition) is 4. The Bertz CT molecular complexity index is 561. The van der Waals surface area contributed by atoms with Gasteiger partial charge in [-0.3, -0.25) is 0 Å². The van der Waals surface area contributed by atoms with Crippen LogP contribution in [0.25, 0.3) is 10.1 Å². The molecular weight excluding hydrogens is 282 g/mol. The van der Waals surface area contributed by atoms with E-state index in [1.165, 1.54) is 15.6 Å². The number of aliphatic hydroxyl groups is 1. The van der Waals surface area contributed by atoms with Crippen molar-refractivity contribution in [2.75, 3.05) is 32.8 Å². The molecule has 1 aliphatic heterocycles. The highest BCUT2D eigenvalue weighted by molar-refractivity contribution is 7.17. The second-order valence-electron chi connectivity index (χ2n) is 5.73. The van der Waals surface area contributed by atoms with Crippen molar-refractivity contribution in [3.05, 3.63) is 35.2 Å². The molecule has 0 spiro atoms. The molecule has 1 N–H and O–H groups in total. The minimum atomic E-state index is -0.0887. The van der Waals surface area contributed by atoms with Crippen LogP contribution in [0.3, 0.4) is 0 Å². The average molecular weight is 305 g/mol. The second-order valence-corrected chi connectivity index (χ2v) is 6.68. The summed E-state index contributed by atoms with van der Waals surface area (Å²) in [6.45, 7) is 4.55. The highest BCUT2D eigenvalue weighted by atomic mass is 32.1. The van der Waals surface area contributed by atoms with Crippen LogP contribution in [0, 0.1) is 0 Å². The minimum Gasteiger partial charge on any atom is -0.393 e. The van der Waals surface area contributed by atoms with E-state index in [0.717, 1.165) is 52.1 Å². The molecule has 21 heavy (non-hydrogen) atoms. The van der Waals surface area contributed by atoms with Gasteiger partial charge in [0.05, 0.1) is 19.3 Å². The van der Waals surface area contributed by atoms with Crippen LogP contribution in [0.5, 0.6) is 0 Å². The zero-order valence-corrected chi connectivity index (χ0v) is 13.1. The summed E-state index contributed by atoms with van der Waals surface area (Å²) in [6, 6.07) is 8.85. The largest absolute Gasteiger partial charge is 0.393 e. The topological polar surface area (TPSA) is 32.7 Å². The average Bonchev–Trinajstić information content (AvgIpc) is 2.96. The van der Waals surface area contributed by atoms with Crippen molar-refractivity contribution < 1.29 is 9.84 Å². The number of piperidine rings is 1. The van der Waals surface area contributed by atoms with Gasteiger partial charge in [0, 0.05) is 24.3 Å². The molecule has 3 nitrogen and oxygen atoms in total. The third-order valence-corrected chi connectivity index (χ3v) is 5.06. The van der Waals surface area contributed by atoms with E-state index >= 15 is 0 Å². The summed E-state index contributed by atoms with van der Waals surface area (Å²) in [4.78, 5) is 2.38. The van der Waals surface area contributed by atoms with Gasteiger partial charge in [0.25, 0.3) is 0 Å². The Kier molecular flexibility index (Phi) is 5.25. The van der Waals surface area contributed by atoms with E-state index in [2.05, 4.69) is 34.5 Å². The summed E-state index contributed by atoms with van der Waals surface area (Å²) >= 11 is 1.79. The zero-order chi connectivity index (χ0) is 14.5. The van der Waals surface area contributed by atoms with Crippen LogP contribution in [-0.2, 0) is 11.2 Å². The Morgan fingerprint density at radius 3 is 2.90 bits per heavy atom. The van der Waals surface area contributed by atoms with E-state index < -0.39 is 0 Å². The molecule has 0 amide bonds. The van der Waals surface area contributed by atoms with E-state index in [1.54, 1.807) is 11.3 Å². The fourth-order valence-electron chi connectivity index (χ4n) is 2.80. The third-order valence-electron chi connectivity index (χ3n) is 4.16. The molecule has 114 valence electrons. The minimum absolute atomic E-state index is 0.0887. The molecule has 2 aromatic rings. The summed E-state index contributed by atoms with van der Waals surface area (Å²) in [5, 5.41) is 12.9. The van der Waals surface area contributed by atoms with Crippen LogP contribution in [0.15, 0.2) is 29.6 Å². The molecule has 0 unspecified atom stereocenters. The fraction of sp³-hybridized carbons (Fsp3) is 0.529. The number of aliphatic hydroxyl groups excluding tert-OH is 1. The summed E-state index contributed by atoms with van der Waals surface area (Å²) in [7, 11) is 0. The smallest absolute Gasteiger partial charge is 0.0593 e. The van der Waals surface area contributed by atoms with E-state index in [4.69, 9.17) is 4.74 Å². The van der Waals surface area contributed by atoms with E-state index in [-0.39, 0.29) is 6.10 Å². The molecule has 3 rings (SSSR count). The van der Waals surface area contributed by atoms with Crippen LogP contribution in [0.2, 0.25) is 0 Å². The number of fused-ring (bicyclic) bond motifs is 1. The maximum absolute atomic E-state index is 9.47. The van der Waals surface area contributed by atoms with Crippen molar-refractivity contribution in [1.29, 1.82) is 0 Å². The number of rotatable bonds is 6. The maximum Gasteiger partial charge on any atom is 0.0593 e. The first-order valence-corrected chi connectivity index (χ1v) is 8.63. The molecule has 0 saturated carbocycles. The van der Waals surface area contributed by atoms with Gasteiger partial charge in [-0.05, 0) is 47.7 Å². The first-order valence-electron chi connectivity index (χ1n) is 7.75. The Morgan fingerprint density at radius 2 is 2.05 bits per heavy atom. The highest BCUT2D eigenvalue weighted by Gasteiger charge is 2.16. The van der Waals surface area contributed by atoms with Crippen molar-refractivity contribution in [3.63, 3.8) is 0 Å². The Hall–Kier alpha value is -0.940. The molecular formula is C17H23NO2S. The van der Waals surface area contributed by atoms with Gasteiger partial charge in [-0.2, -0.15) is 0 Å². The molecule has 1 aliphatic rings. The molecule has 2 heterocycles. The van der Waals surface area contributed by atoms with Crippen LogP contribution in [0.1, 0.15) is 18.4 Å². The summed E-state index contributed by atoms with van der Waals surface area (Å²) in [5.41, 5.74) is 1.35. The predicted octanol–water partition coefficient (Wildman–Crippen LogP) is 2.92. The molecule has 1 saturated heterocycles. The van der Waals surface area contributed by atoms with Crippen molar-refractivity contribution in [3.8, 4) is 0 Å². The van der Waals surface area contributed by atoms with Gasteiger partial charge in [-0.15, -0.1) is 11.3 Å². The first kappa shape index (κ1) is 15.0. The van der Waals surface area contributed by atoms with Crippen molar-refractivity contribution in [1.82, 2.24) is 4.90 Å². The third kappa shape index (κ3) is 4.27. The second kappa shape index (κ2) is 7.36. The number of thiophene rings is 1. The standard InChI is InChI=1S/C17H23NO2S/c19-16-3-7-18(8-4-16)9-11-20-10-5-14-1-2-17-15(13-14)6-12-21-17/h1-2,6,12-13,16,19H,3-5,7-11H2. The van der Waals surface area contributed by atoms with Gasteiger partial charge in [0.1, 0.15) is 0 Å². The van der Waals surface area contributed by atoms with Crippen LogP contribution < -0.4 is 0 Å². The van der Waals surface area contributed by atoms with Gasteiger partial charge in [0.2, 0.25) is 0 Å². The molecule has 0 radical (unpaired) electrons. The predicted molar refractivity (Wildman–Crippen MR) is 88.0 cm³/mol.